The van der Waals surface area contributed by atoms with Gasteiger partial charge in [0.1, 0.15) is 18.3 Å². The highest BCUT2D eigenvalue weighted by Crippen LogP contribution is 2.34. The zero-order valence-electron chi connectivity index (χ0n) is 8.46. The van der Waals surface area contributed by atoms with Crippen LogP contribution in [0, 0.1) is 0 Å². The van der Waals surface area contributed by atoms with E-state index in [0.29, 0.717) is 25.4 Å². The molecule has 1 aromatic carbocycles. The summed E-state index contributed by atoms with van der Waals surface area (Å²) in [5.74, 6) is 0. The molecule has 0 saturated carbocycles. The number of benzene rings is 1. The first-order valence-electron chi connectivity index (χ1n) is 5.32. The Morgan fingerprint density at radius 2 is 2.13 bits per heavy atom. The lowest BCUT2D eigenvalue weighted by Crippen LogP contribution is -2.21. The van der Waals surface area contributed by atoms with E-state index in [9.17, 15) is 0 Å². The summed E-state index contributed by atoms with van der Waals surface area (Å²) >= 11 is 0. The van der Waals surface area contributed by atoms with Crippen molar-refractivity contribution < 1.29 is 14.2 Å². The number of hydrogen-bond donors (Lipinski definition) is 0. The van der Waals surface area contributed by atoms with Crippen LogP contribution >= 0.6 is 0 Å². The molecule has 3 nitrogen and oxygen atoms in total. The molecule has 2 fully saturated rings. The largest absolute Gasteiger partial charge is 0.374 e. The van der Waals surface area contributed by atoms with Crippen molar-refractivity contribution in [3.63, 3.8) is 0 Å². The summed E-state index contributed by atoms with van der Waals surface area (Å²) in [6.45, 7) is 2.03. The molecule has 2 heterocycles. The predicted octanol–water partition coefficient (Wildman–Crippen LogP) is 1.37. The molecule has 3 atom stereocenters. The van der Waals surface area contributed by atoms with Crippen molar-refractivity contribution in [2.24, 2.45) is 0 Å². The van der Waals surface area contributed by atoms with Crippen LogP contribution in [0.1, 0.15) is 5.56 Å². The smallest absolute Gasteiger partial charge is 0.115 e. The Labute approximate surface area is 89.0 Å². The average molecular weight is 206 g/mol. The fourth-order valence-corrected chi connectivity index (χ4v) is 1.94. The molecule has 0 amide bonds. The SMILES string of the molecule is c1ccc(COC[C@@H]2OC[C@H]3O[C@H]23)cc1. The summed E-state index contributed by atoms with van der Waals surface area (Å²) in [4.78, 5) is 0. The van der Waals surface area contributed by atoms with Gasteiger partial charge in [-0.2, -0.15) is 0 Å². The first-order chi connectivity index (χ1) is 7.43. The van der Waals surface area contributed by atoms with Gasteiger partial charge in [-0.15, -0.1) is 0 Å². The van der Waals surface area contributed by atoms with Gasteiger partial charge in [-0.25, -0.2) is 0 Å². The van der Waals surface area contributed by atoms with E-state index in [1.165, 1.54) is 5.56 Å². The van der Waals surface area contributed by atoms with Gasteiger partial charge < -0.3 is 14.2 Å². The molecule has 3 rings (SSSR count). The van der Waals surface area contributed by atoms with Crippen molar-refractivity contribution in [2.75, 3.05) is 13.2 Å². The van der Waals surface area contributed by atoms with Crippen LogP contribution in [0.4, 0.5) is 0 Å². The molecule has 2 aliphatic heterocycles. The van der Waals surface area contributed by atoms with Crippen LogP contribution < -0.4 is 0 Å². The van der Waals surface area contributed by atoms with Crippen LogP contribution in [0.5, 0.6) is 0 Å². The van der Waals surface area contributed by atoms with E-state index in [0.717, 1.165) is 6.61 Å². The van der Waals surface area contributed by atoms with Gasteiger partial charge in [-0.1, -0.05) is 30.3 Å². The maximum Gasteiger partial charge on any atom is 0.115 e. The molecule has 0 unspecified atom stereocenters. The first-order valence-corrected chi connectivity index (χ1v) is 5.32. The van der Waals surface area contributed by atoms with Gasteiger partial charge in [-0.3, -0.25) is 0 Å². The van der Waals surface area contributed by atoms with Crippen LogP contribution in [-0.2, 0) is 20.8 Å². The molecular weight excluding hydrogens is 192 g/mol. The van der Waals surface area contributed by atoms with E-state index in [1.807, 2.05) is 18.2 Å². The monoisotopic (exact) mass is 206 g/mol. The zero-order chi connectivity index (χ0) is 10.1. The molecule has 2 saturated heterocycles. The summed E-state index contributed by atoms with van der Waals surface area (Å²) in [5, 5.41) is 0. The Morgan fingerprint density at radius 3 is 2.80 bits per heavy atom. The third-order valence-corrected chi connectivity index (χ3v) is 2.86. The number of fused-ring (bicyclic) bond motifs is 1. The molecule has 80 valence electrons. The molecule has 3 heteroatoms. The third kappa shape index (κ3) is 2.04. The lowest BCUT2D eigenvalue weighted by Gasteiger charge is -2.11. The van der Waals surface area contributed by atoms with Crippen molar-refractivity contribution in [3.8, 4) is 0 Å². The van der Waals surface area contributed by atoms with Crippen molar-refractivity contribution in [2.45, 2.75) is 24.9 Å². The summed E-state index contributed by atoms with van der Waals surface area (Å²) < 4.78 is 16.5. The molecule has 1 aromatic rings. The molecule has 15 heavy (non-hydrogen) atoms. The number of ether oxygens (including phenoxy) is 3. The highest BCUT2D eigenvalue weighted by molar-refractivity contribution is 5.13. The minimum absolute atomic E-state index is 0.152. The van der Waals surface area contributed by atoms with Crippen LogP contribution in [0.15, 0.2) is 30.3 Å². The van der Waals surface area contributed by atoms with Crippen molar-refractivity contribution in [3.05, 3.63) is 35.9 Å². The maximum atomic E-state index is 5.60. The second kappa shape index (κ2) is 3.93. The average Bonchev–Trinajstić information content (AvgIpc) is 2.96. The van der Waals surface area contributed by atoms with Crippen LogP contribution in [0.25, 0.3) is 0 Å². The summed E-state index contributed by atoms with van der Waals surface area (Å²) in [5.41, 5.74) is 1.20. The number of epoxide rings is 1. The van der Waals surface area contributed by atoms with Gasteiger partial charge in [0.05, 0.1) is 19.8 Å². The van der Waals surface area contributed by atoms with Gasteiger partial charge in [0, 0.05) is 0 Å². The molecular formula is C12H14O3. The Morgan fingerprint density at radius 1 is 1.27 bits per heavy atom. The van der Waals surface area contributed by atoms with E-state index in [2.05, 4.69) is 12.1 Å². The standard InChI is InChI=1S/C12H14O3/c1-2-4-9(5-3-1)6-13-7-10-12-11(15-12)8-14-10/h1-5,10-12H,6-8H2/t10-,11+,12+/m0/s1. The summed E-state index contributed by atoms with van der Waals surface area (Å²) in [7, 11) is 0. The van der Waals surface area contributed by atoms with Crippen molar-refractivity contribution >= 4 is 0 Å². The quantitative estimate of drug-likeness (QED) is 0.697. The summed E-state index contributed by atoms with van der Waals surface area (Å²) in [6.07, 6.45) is 0.815. The Kier molecular flexibility index (Phi) is 2.44. The third-order valence-electron chi connectivity index (χ3n) is 2.86. The fourth-order valence-electron chi connectivity index (χ4n) is 1.94. The molecule has 2 aliphatic rings. The van der Waals surface area contributed by atoms with Gasteiger partial charge in [-0.05, 0) is 5.56 Å². The molecule has 0 spiro atoms. The van der Waals surface area contributed by atoms with E-state index >= 15 is 0 Å². The first kappa shape index (κ1) is 9.33. The minimum Gasteiger partial charge on any atom is -0.374 e. The van der Waals surface area contributed by atoms with Gasteiger partial charge >= 0.3 is 0 Å². The molecule has 0 radical (unpaired) electrons. The van der Waals surface area contributed by atoms with Gasteiger partial charge in [0.25, 0.3) is 0 Å². The lowest BCUT2D eigenvalue weighted by atomic mass is 10.2. The highest BCUT2D eigenvalue weighted by Gasteiger charge is 2.51. The molecule has 0 aliphatic carbocycles. The van der Waals surface area contributed by atoms with Crippen molar-refractivity contribution in [1.82, 2.24) is 0 Å². The Bertz CT molecular complexity index is 325. The topological polar surface area (TPSA) is 31.0 Å². The van der Waals surface area contributed by atoms with Crippen LogP contribution in [-0.4, -0.2) is 31.5 Å². The Balaban J connectivity index is 1.43. The lowest BCUT2D eigenvalue weighted by molar-refractivity contribution is -0.0322. The van der Waals surface area contributed by atoms with Gasteiger partial charge in [0.15, 0.2) is 0 Å². The highest BCUT2D eigenvalue weighted by atomic mass is 16.7. The van der Waals surface area contributed by atoms with Gasteiger partial charge in [0.2, 0.25) is 0 Å². The summed E-state index contributed by atoms with van der Waals surface area (Å²) in [6, 6.07) is 10.2. The number of rotatable bonds is 4. The number of hydrogen-bond acceptors (Lipinski definition) is 3. The fraction of sp³-hybridized carbons (Fsp3) is 0.500. The van der Waals surface area contributed by atoms with Crippen LogP contribution in [0.2, 0.25) is 0 Å². The van der Waals surface area contributed by atoms with Crippen LogP contribution in [0.3, 0.4) is 0 Å². The second-order valence-electron chi connectivity index (χ2n) is 4.01. The van der Waals surface area contributed by atoms with Crippen molar-refractivity contribution in [1.29, 1.82) is 0 Å². The van der Waals surface area contributed by atoms with E-state index in [-0.39, 0.29) is 6.10 Å². The normalized spacial score (nSPS) is 32.7. The molecule has 0 bridgehead atoms. The van der Waals surface area contributed by atoms with E-state index in [1.54, 1.807) is 0 Å². The van der Waals surface area contributed by atoms with E-state index < -0.39 is 0 Å². The molecule has 0 N–H and O–H groups in total. The maximum absolute atomic E-state index is 5.60. The van der Waals surface area contributed by atoms with E-state index in [4.69, 9.17) is 14.2 Å². The zero-order valence-corrected chi connectivity index (χ0v) is 8.46. The predicted molar refractivity (Wildman–Crippen MR) is 54.5 cm³/mol. The molecule has 0 aromatic heterocycles. The second-order valence-corrected chi connectivity index (χ2v) is 4.01. The Hall–Kier alpha value is -0.900. The minimum atomic E-state index is 0.152.